The van der Waals surface area contributed by atoms with Gasteiger partial charge in [0.2, 0.25) is 0 Å². The Bertz CT molecular complexity index is 894. The summed E-state index contributed by atoms with van der Waals surface area (Å²) in [5.41, 5.74) is 4.97. The fourth-order valence-electron chi connectivity index (χ4n) is 3.40. The largest absolute Gasteiger partial charge is 0.349 e. The smallest absolute Gasteiger partial charge is 0.251 e. The summed E-state index contributed by atoms with van der Waals surface area (Å²) in [6, 6.07) is 8.28. The lowest BCUT2D eigenvalue weighted by Gasteiger charge is -2.31. The Balaban J connectivity index is 1.60. The van der Waals surface area contributed by atoms with E-state index in [1.165, 1.54) is 5.56 Å². The molecule has 2 aromatic rings. The third-order valence-electron chi connectivity index (χ3n) is 5.14. The van der Waals surface area contributed by atoms with Gasteiger partial charge in [-0.05, 0) is 62.4 Å². The summed E-state index contributed by atoms with van der Waals surface area (Å²) in [5.74, 6) is 0.854. The van der Waals surface area contributed by atoms with Crippen LogP contribution in [0.25, 0.3) is 0 Å². The molecule has 142 valence electrons. The van der Waals surface area contributed by atoms with Gasteiger partial charge in [-0.3, -0.25) is 14.5 Å². The number of nitrogens with zero attached hydrogens (tertiary/aromatic N) is 3. The van der Waals surface area contributed by atoms with E-state index in [9.17, 15) is 4.79 Å². The average molecular weight is 365 g/mol. The topological polar surface area (TPSA) is 61.7 Å². The fraction of sp³-hybridized carbons (Fsp3) is 0.429. The zero-order chi connectivity index (χ0) is 19.0. The van der Waals surface area contributed by atoms with E-state index in [2.05, 4.69) is 46.4 Å². The predicted molar refractivity (Wildman–Crippen MR) is 109 cm³/mol. The van der Waals surface area contributed by atoms with E-state index >= 15 is 0 Å². The maximum atomic E-state index is 12.4. The summed E-state index contributed by atoms with van der Waals surface area (Å²) >= 11 is 0. The zero-order valence-corrected chi connectivity index (χ0v) is 16.2. The van der Waals surface area contributed by atoms with Gasteiger partial charge < -0.3 is 10.6 Å². The van der Waals surface area contributed by atoms with E-state index in [1.54, 1.807) is 0 Å². The molecule has 0 atom stereocenters. The molecule has 0 radical (unpaired) electrons. The first-order valence-corrected chi connectivity index (χ1v) is 9.73. The molecule has 27 heavy (non-hydrogen) atoms. The van der Waals surface area contributed by atoms with Crippen LogP contribution in [-0.2, 0) is 0 Å². The van der Waals surface area contributed by atoms with Crippen LogP contribution in [0.1, 0.15) is 53.4 Å². The second-order valence-electron chi connectivity index (χ2n) is 7.47. The highest BCUT2D eigenvalue weighted by Crippen LogP contribution is 2.23. The molecule has 6 nitrogen and oxygen atoms in total. The van der Waals surface area contributed by atoms with E-state index in [0.717, 1.165) is 48.6 Å². The Morgan fingerprint density at radius 1 is 1.22 bits per heavy atom. The molecule has 0 unspecified atom stereocenters. The van der Waals surface area contributed by atoms with Gasteiger partial charge in [-0.1, -0.05) is 13.0 Å². The normalized spacial score (nSPS) is 16.0. The molecule has 1 fully saturated rings. The SMILES string of the molecule is CCCN1CN=C(Nc2cc(C(=O)NC3CC3)ccc2C)c2c(C)ccn21. The number of rotatable bonds is 5. The summed E-state index contributed by atoms with van der Waals surface area (Å²) in [6.45, 7) is 7.91. The average Bonchev–Trinajstić information content (AvgIpc) is 3.38. The minimum Gasteiger partial charge on any atom is -0.349 e. The van der Waals surface area contributed by atoms with Crippen molar-refractivity contribution in [1.82, 2.24) is 9.99 Å². The lowest BCUT2D eigenvalue weighted by molar-refractivity contribution is 0.0951. The van der Waals surface area contributed by atoms with E-state index in [0.29, 0.717) is 18.3 Å². The lowest BCUT2D eigenvalue weighted by atomic mass is 10.1. The number of amides is 1. The molecular weight excluding hydrogens is 338 g/mol. The van der Waals surface area contributed by atoms with Crippen molar-refractivity contribution in [2.24, 2.45) is 4.99 Å². The molecule has 4 rings (SSSR count). The van der Waals surface area contributed by atoms with E-state index in [-0.39, 0.29) is 5.91 Å². The van der Waals surface area contributed by atoms with Crippen molar-refractivity contribution in [1.29, 1.82) is 0 Å². The summed E-state index contributed by atoms with van der Waals surface area (Å²) < 4.78 is 2.19. The Labute approximate surface area is 160 Å². The van der Waals surface area contributed by atoms with Gasteiger partial charge in [0.25, 0.3) is 5.91 Å². The molecular formula is C21H27N5O. The van der Waals surface area contributed by atoms with Crippen LogP contribution in [0, 0.1) is 13.8 Å². The number of hydrogen-bond acceptors (Lipinski definition) is 4. The van der Waals surface area contributed by atoms with Crippen LogP contribution in [0.15, 0.2) is 35.5 Å². The number of benzene rings is 1. The summed E-state index contributed by atoms with van der Waals surface area (Å²) in [5, 5.41) is 8.77. The maximum Gasteiger partial charge on any atom is 0.251 e. The molecule has 1 aromatic carbocycles. The number of nitrogens with one attached hydrogen (secondary N) is 2. The maximum absolute atomic E-state index is 12.4. The first kappa shape index (κ1) is 17.6. The Morgan fingerprint density at radius 2 is 2.04 bits per heavy atom. The molecule has 1 amide bonds. The second-order valence-corrected chi connectivity index (χ2v) is 7.47. The van der Waals surface area contributed by atoms with E-state index in [4.69, 9.17) is 4.99 Å². The van der Waals surface area contributed by atoms with Crippen LogP contribution in [-0.4, -0.2) is 35.7 Å². The molecule has 1 aliphatic heterocycles. The van der Waals surface area contributed by atoms with Crippen LogP contribution in [0.4, 0.5) is 5.69 Å². The molecule has 6 heteroatoms. The number of carbonyl (C=O) groups excluding carboxylic acids is 1. The predicted octanol–water partition coefficient (Wildman–Crippen LogP) is 3.17. The summed E-state index contributed by atoms with van der Waals surface area (Å²) in [7, 11) is 0. The van der Waals surface area contributed by atoms with Crippen molar-refractivity contribution in [2.75, 3.05) is 23.5 Å². The zero-order valence-electron chi connectivity index (χ0n) is 16.2. The Morgan fingerprint density at radius 3 is 2.78 bits per heavy atom. The van der Waals surface area contributed by atoms with Gasteiger partial charge in [-0.25, -0.2) is 4.99 Å². The lowest BCUT2D eigenvalue weighted by Crippen LogP contribution is -2.42. The van der Waals surface area contributed by atoms with Gasteiger partial charge in [0.05, 0.1) is 0 Å². The van der Waals surface area contributed by atoms with Crippen molar-refractivity contribution in [3.05, 3.63) is 52.8 Å². The van der Waals surface area contributed by atoms with Crippen molar-refractivity contribution in [2.45, 2.75) is 46.1 Å². The van der Waals surface area contributed by atoms with Gasteiger partial charge in [-0.2, -0.15) is 0 Å². The third-order valence-corrected chi connectivity index (χ3v) is 5.14. The number of carbonyl (C=O) groups is 1. The minimum atomic E-state index is -0.000176. The van der Waals surface area contributed by atoms with E-state index < -0.39 is 0 Å². The summed E-state index contributed by atoms with van der Waals surface area (Å²) in [4.78, 5) is 17.2. The first-order chi connectivity index (χ1) is 13.1. The first-order valence-electron chi connectivity index (χ1n) is 9.73. The molecule has 0 spiro atoms. The Hall–Kier alpha value is -2.76. The van der Waals surface area contributed by atoms with Gasteiger partial charge in [0, 0.05) is 30.0 Å². The number of fused-ring (bicyclic) bond motifs is 1. The summed E-state index contributed by atoms with van der Waals surface area (Å²) in [6.07, 6.45) is 5.35. The van der Waals surface area contributed by atoms with Crippen molar-refractivity contribution in [3.63, 3.8) is 0 Å². The van der Waals surface area contributed by atoms with Crippen molar-refractivity contribution < 1.29 is 4.79 Å². The number of aromatic nitrogens is 1. The van der Waals surface area contributed by atoms with Crippen LogP contribution in [0.5, 0.6) is 0 Å². The van der Waals surface area contributed by atoms with Crippen molar-refractivity contribution in [3.8, 4) is 0 Å². The molecule has 1 aliphatic carbocycles. The highest BCUT2D eigenvalue weighted by atomic mass is 16.1. The number of aliphatic imine (C=N–C) groups is 1. The molecule has 0 saturated heterocycles. The number of anilines is 1. The van der Waals surface area contributed by atoms with Crippen LogP contribution < -0.4 is 15.6 Å². The van der Waals surface area contributed by atoms with Gasteiger partial charge in [0.1, 0.15) is 12.4 Å². The second kappa shape index (κ2) is 7.10. The standard InChI is InChI=1S/C21H27N5O/c1-4-10-25-13-22-20(19-15(3)9-11-26(19)25)24-18-12-16(6-5-14(18)2)21(27)23-17-7-8-17/h5-6,9,11-12,17H,4,7-8,10,13H2,1-3H3,(H,22,24)(H,23,27). The number of hydrogen-bond donors (Lipinski definition) is 2. The minimum absolute atomic E-state index is 0.000176. The number of amidine groups is 1. The van der Waals surface area contributed by atoms with Crippen molar-refractivity contribution >= 4 is 17.4 Å². The van der Waals surface area contributed by atoms with E-state index in [1.807, 2.05) is 25.1 Å². The third kappa shape index (κ3) is 3.56. The highest BCUT2D eigenvalue weighted by molar-refractivity contribution is 6.09. The fourth-order valence-corrected chi connectivity index (χ4v) is 3.40. The highest BCUT2D eigenvalue weighted by Gasteiger charge is 2.25. The quantitative estimate of drug-likeness (QED) is 0.855. The molecule has 2 heterocycles. The molecule has 0 bridgehead atoms. The molecule has 1 saturated carbocycles. The van der Waals surface area contributed by atoms with Gasteiger partial charge in [0.15, 0.2) is 5.84 Å². The van der Waals surface area contributed by atoms with Gasteiger partial charge >= 0.3 is 0 Å². The molecule has 2 aliphatic rings. The monoisotopic (exact) mass is 365 g/mol. The number of aryl methyl sites for hydroxylation is 2. The van der Waals surface area contributed by atoms with Crippen LogP contribution >= 0.6 is 0 Å². The van der Waals surface area contributed by atoms with Crippen LogP contribution in [0.2, 0.25) is 0 Å². The van der Waals surface area contributed by atoms with Gasteiger partial charge in [-0.15, -0.1) is 0 Å². The molecule has 1 aromatic heterocycles. The van der Waals surface area contributed by atoms with Crippen LogP contribution in [0.3, 0.4) is 0 Å². The molecule has 2 N–H and O–H groups in total. The Kier molecular flexibility index (Phi) is 4.64.